The highest BCUT2D eigenvalue weighted by Gasteiger charge is 2.25. The maximum absolute atomic E-state index is 2.33. The molecule has 0 nitrogen and oxygen atoms in total. The number of benzene rings is 1. The van der Waals surface area contributed by atoms with Gasteiger partial charge in [-0.05, 0) is 34.3 Å². The Morgan fingerprint density at radius 1 is 0.882 bits per heavy atom. The number of hydrogen-bond acceptors (Lipinski definition) is 0. The van der Waals surface area contributed by atoms with E-state index in [1.54, 1.807) is 0 Å². The van der Waals surface area contributed by atoms with Crippen LogP contribution in [0.4, 0.5) is 0 Å². The fraction of sp³-hybridized carbons (Fsp3) is 0.647. The second-order valence-corrected chi connectivity index (χ2v) is 6.69. The Labute approximate surface area is 107 Å². The van der Waals surface area contributed by atoms with Gasteiger partial charge in [0.05, 0.1) is 0 Å². The number of rotatable bonds is 4. The third kappa shape index (κ3) is 2.91. The van der Waals surface area contributed by atoms with Crippen LogP contribution in [0.5, 0.6) is 0 Å². The van der Waals surface area contributed by atoms with Gasteiger partial charge in [0.15, 0.2) is 0 Å². The Kier molecular flexibility index (Phi) is 4.06. The second kappa shape index (κ2) is 4.84. The van der Waals surface area contributed by atoms with E-state index < -0.39 is 0 Å². The minimum atomic E-state index is 0.259. The summed E-state index contributed by atoms with van der Waals surface area (Å²) in [6.07, 6.45) is 1.18. The molecule has 0 bridgehead atoms. The maximum Gasteiger partial charge on any atom is -0.00806 e. The molecule has 0 saturated heterocycles. The summed E-state index contributed by atoms with van der Waals surface area (Å²) in [5, 5.41) is 0. The summed E-state index contributed by atoms with van der Waals surface area (Å²) in [6.45, 7) is 16.1. The molecule has 96 valence electrons. The van der Waals surface area contributed by atoms with Crippen LogP contribution in [0.3, 0.4) is 0 Å². The van der Waals surface area contributed by atoms with E-state index in [-0.39, 0.29) is 5.41 Å². The highest BCUT2D eigenvalue weighted by molar-refractivity contribution is 5.32. The van der Waals surface area contributed by atoms with Crippen molar-refractivity contribution in [3.8, 4) is 0 Å². The molecule has 0 spiro atoms. The van der Waals surface area contributed by atoms with E-state index >= 15 is 0 Å². The van der Waals surface area contributed by atoms with Crippen molar-refractivity contribution in [2.45, 2.75) is 65.7 Å². The molecule has 1 rings (SSSR count). The summed E-state index contributed by atoms with van der Waals surface area (Å²) in [7, 11) is 0. The zero-order valence-electron chi connectivity index (χ0n) is 12.6. The van der Waals surface area contributed by atoms with Crippen molar-refractivity contribution in [3.05, 3.63) is 35.4 Å². The topological polar surface area (TPSA) is 0 Å². The summed E-state index contributed by atoms with van der Waals surface area (Å²) in [6, 6.07) is 9.24. The Balaban J connectivity index is 3.04. The molecule has 0 fully saturated rings. The van der Waals surface area contributed by atoms with Crippen molar-refractivity contribution >= 4 is 0 Å². The SMILES string of the molecule is CCC(C)(C)c1ccc(C(C)(C)C(C)C)cc1. The first-order valence-electron chi connectivity index (χ1n) is 6.83. The van der Waals surface area contributed by atoms with Gasteiger partial charge < -0.3 is 0 Å². The van der Waals surface area contributed by atoms with Gasteiger partial charge in [-0.1, -0.05) is 72.7 Å². The fourth-order valence-corrected chi connectivity index (χ4v) is 1.89. The minimum Gasteiger partial charge on any atom is -0.0646 e. The molecule has 0 N–H and O–H groups in total. The molecule has 0 radical (unpaired) electrons. The summed E-state index contributed by atoms with van der Waals surface area (Å²) >= 11 is 0. The van der Waals surface area contributed by atoms with E-state index in [1.807, 2.05) is 0 Å². The number of hydrogen-bond donors (Lipinski definition) is 0. The van der Waals surface area contributed by atoms with Crippen molar-refractivity contribution in [1.82, 2.24) is 0 Å². The highest BCUT2D eigenvalue weighted by atomic mass is 14.3. The van der Waals surface area contributed by atoms with Gasteiger partial charge in [-0.15, -0.1) is 0 Å². The Morgan fingerprint density at radius 2 is 1.29 bits per heavy atom. The zero-order chi connectivity index (χ0) is 13.3. The lowest BCUT2D eigenvalue weighted by Crippen LogP contribution is -2.24. The van der Waals surface area contributed by atoms with Crippen LogP contribution in [0.15, 0.2) is 24.3 Å². The average molecular weight is 232 g/mol. The van der Waals surface area contributed by atoms with Gasteiger partial charge in [-0.2, -0.15) is 0 Å². The van der Waals surface area contributed by atoms with Gasteiger partial charge in [0.2, 0.25) is 0 Å². The summed E-state index contributed by atoms with van der Waals surface area (Å²) in [5.74, 6) is 0.660. The Bertz CT molecular complexity index is 352. The van der Waals surface area contributed by atoms with Crippen molar-refractivity contribution in [2.24, 2.45) is 5.92 Å². The Hall–Kier alpha value is -0.780. The zero-order valence-corrected chi connectivity index (χ0v) is 12.6. The highest BCUT2D eigenvalue weighted by Crippen LogP contribution is 2.33. The van der Waals surface area contributed by atoms with E-state index in [0.717, 1.165) is 0 Å². The van der Waals surface area contributed by atoms with E-state index in [1.165, 1.54) is 17.5 Å². The predicted octanol–water partition coefficient (Wildman–Crippen LogP) is 5.31. The molecule has 0 atom stereocenters. The van der Waals surface area contributed by atoms with Gasteiger partial charge in [0.1, 0.15) is 0 Å². The molecular formula is C17H28. The van der Waals surface area contributed by atoms with Crippen LogP contribution in [-0.2, 0) is 10.8 Å². The van der Waals surface area contributed by atoms with Gasteiger partial charge in [-0.25, -0.2) is 0 Å². The first-order chi connectivity index (χ1) is 7.71. The maximum atomic E-state index is 2.33. The molecule has 0 aliphatic carbocycles. The molecule has 0 amide bonds. The minimum absolute atomic E-state index is 0.259. The lowest BCUT2D eigenvalue weighted by molar-refractivity contribution is 0.372. The predicted molar refractivity (Wildman–Crippen MR) is 77.6 cm³/mol. The van der Waals surface area contributed by atoms with E-state index in [2.05, 4.69) is 72.7 Å². The summed E-state index contributed by atoms with van der Waals surface area (Å²) in [4.78, 5) is 0. The molecule has 0 heteroatoms. The summed E-state index contributed by atoms with van der Waals surface area (Å²) in [5.41, 5.74) is 3.45. The van der Waals surface area contributed by atoms with Crippen molar-refractivity contribution in [3.63, 3.8) is 0 Å². The quantitative estimate of drug-likeness (QED) is 0.660. The van der Waals surface area contributed by atoms with Crippen LogP contribution in [0, 0.1) is 5.92 Å². The van der Waals surface area contributed by atoms with Gasteiger partial charge >= 0.3 is 0 Å². The molecular weight excluding hydrogens is 204 g/mol. The van der Waals surface area contributed by atoms with Crippen molar-refractivity contribution < 1.29 is 0 Å². The molecule has 0 unspecified atom stereocenters. The van der Waals surface area contributed by atoms with Crippen LogP contribution in [0.1, 0.15) is 66.0 Å². The molecule has 17 heavy (non-hydrogen) atoms. The monoisotopic (exact) mass is 232 g/mol. The smallest absolute Gasteiger partial charge is 0.00806 e. The lowest BCUT2D eigenvalue weighted by atomic mass is 9.74. The van der Waals surface area contributed by atoms with Crippen LogP contribution >= 0.6 is 0 Å². The first kappa shape index (κ1) is 14.3. The van der Waals surface area contributed by atoms with Crippen LogP contribution in [-0.4, -0.2) is 0 Å². The molecule has 0 aliphatic heterocycles. The van der Waals surface area contributed by atoms with Crippen molar-refractivity contribution in [2.75, 3.05) is 0 Å². The van der Waals surface area contributed by atoms with E-state index in [9.17, 15) is 0 Å². The van der Waals surface area contributed by atoms with Gasteiger partial charge in [0.25, 0.3) is 0 Å². The summed E-state index contributed by atoms with van der Waals surface area (Å²) < 4.78 is 0. The van der Waals surface area contributed by atoms with E-state index in [0.29, 0.717) is 11.3 Å². The molecule has 1 aromatic rings. The van der Waals surface area contributed by atoms with E-state index in [4.69, 9.17) is 0 Å². The average Bonchev–Trinajstić information content (AvgIpc) is 2.29. The molecule has 1 aromatic carbocycles. The van der Waals surface area contributed by atoms with Crippen LogP contribution in [0.25, 0.3) is 0 Å². The van der Waals surface area contributed by atoms with Crippen molar-refractivity contribution in [1.29, 1.82) is 0 Å². The lowest BCUT2D eigenvalue weighted by Gasteiger charge is -2.31. The molecule has 0 saturated carbocycles. The Morgan fingerprint density at radius 3 is 1.65 bits per heavy atom. The normalized spacial score (nSPS) is 13.2. The van der Waals surface area contributed by atoms with Crippen LogP contribution in [0.2, 0.25) is 0 Å². The molecule has 0 aliphatic rings. The first-order valence-corrected chi connectivity index (χ1v) is 6.83. The van der Waals surface area contributed by atoms with Gasteiger partial charge in [0, 0.05) is 0 Å². The third-order valence-corrected chi connectivity index (χ3v) is 4.74. The fourth-order valence-electron chi connectivity index (χ4n) is 1.89. The van der Waals surface area contributed by atoms with Crippen LogP contribution < -0.4 is 0 Å². The second-order valence-electron chi connectivity index (χ2n) is 6.69. The molecule has 0 aromatic heterocycles. The third-order valence-electron chi connectivity index (χ3n) is 4.74. The van der Waals surface area contributed by atoms with Gasteiger partial charge in [-0.3, -0.25) is 0 Å². The standard InChI is InChI=1S/C17H28/c1-8-16(4,5)14-9-11-15(12-10-14)17(6,7)13(2)3/h9-13H,8H2,1-7H3. The molecule has 0 heterocycles. The largest absolute Gasteiger partial charge is 0.0646 e.